The minimum Gasteiger partial charge on any atom is -0.478 e. The third-order valence-corrected chi connectivity index (χ3v) is 21.5. The zero-order valence-electron chi connectivity index (χ0n) is 48.0. The number of nitrogens with zero attached hydrogens (tertiary/aromatic N) is 2. The van der Waals surface area contributed by atoms with E-state index in [0.29, 0.717) is 61.0 Å². The summed E-state index contributed by atoms with van der Waals surface area (Å²) in [5.74, 6) is -4.62. The Hall–Kier alpha value is -4.62. The van der Waals surface area contributed by atoms with Crippen LogP contribution in [0.5, 0.6) is 11.5 Å². The van der Waals surface area contributed by atoms with E-state index >= 15 is 0 Å². The van der Waals surface area contributed by atoms with Crippen molar-refractivity contribution in [3.05, 3.63) is 76.0 Å². The molecule has 4 aromatic rings. The maximum Gasteiger partial charge on any atom is 0.337 e. The lowest BCUT2D eigenvalue weighted by molar-refractivity contribution is -0.125. The molecular formula is C56H68Cl3N5O17S5. The summed E-state index contributed by atoms with van der Waals surface area (Å²) in [6, 6.07) is 3.24. The van der Waals surface area contributed by atoms with E-state index < -0.39 is 83.3 Å². The van der Waals surface area contributed by atoms with Crippen molar-refractivity contribution >= 4 is 129 Å². The number of aromatic nitrogens is 2. The van der Waals surface area contributed by atoms with Gasteiger partial charge in [0.05, 0.1) is 59.2 Å². The van der Waals surface area contributed by atoms with Crippen LogP contribution in [0.15, 0.2) is 31.2 Å². The predicted molar refractivity (Wildman–Crippen MR) is 324 cm³/mol. The third kappa shape index (κ3) is 16.8. The number of halogens is 3. The Bertz CT molecular complexity index is 3860. The highest BCUT2D eigenvalue weighted by Gasteiger charge is 2.43. The topological polar surface area (TPSA) is 352 Å². The third-order valence-electron chi connectivity index (χ3n) is 14.8. The first kappa shape index (κ1) is 68.9. The molecule has 0 saturated heterocycles. The number of ketones is 2. The summed E-state index contributed by atoms with van der Waals surface area (Å²) in [5, 5.41) is 27.6. The molecular weight excluding hydrogens is 1280 g/mol. The van der Waals surface area contributed by atoms with Crippen LogP contribution in [-0.2, 0) is 71.8 Å². The van der Waals surface area contributed by atoms with Gasteiger partial charge < -0.3 is 30.0 Å². The molecule has 1 aliphatic heterocycles. The van der Waals surface area contributed by atoms with E-state index in [0.717, 1.165) is 11.8 Å². The molecule has 3 aliphatic rings. The van der Waals surface area contributed by atoms with Gasteiger partial charge in [0, 0.05) is 65.6 Å². The van der Waals surface area contributed by atoms with E-state index in [-0.39, 0.29) is 172 Å². The fraction of sp³-hybridized carbons (Fsp3) is 0.518. The summed E-state index contributed by atoms with van der Waals surface area (Å²) < 4.78 is 117. The maximum atomic E-state index is 13.8. The van der Waals surface area contributed by atoms with Crippen molar-refractivity contribution in [2.45, 2.75) is 149 Å². The van der Waals surface area contributed by atoms with Gasteiger partial charge in [-0.2, -0.15) is 16.8 Å². The van der Waals surface area contributed by atoms with Crippen LogP contribution in [0, 0.1) is 10.8 Å². The van der Waals surface area contributed by atoms with Crippen LogP contribution < -0.4 is 30.9 Å². The largest absolute Gasteiger partial charge is 0.478 e. The smallest absolute Gasteiger partial charge is 0.337 e. The van der Waals surface area contributed by atoms with Crippen molar-refractivity contribution in [1.82, 2.24) is 20.8 Å². The van der Waals surface area contributed by atoms with Crippen LogP contribution in [0.2, 0.25) is 15.1 Å². The van der Waals surface area contributed by atoms with Crippen molar-refractivity contribution in [2.24, 2.45) is 16.0 Å². The van der Waals surface area contributed by atoms with Gasteiger partial charge >= 0.3 is 5.97 Å². The van der Waals surface area contributed by atoms with E-state index in [1.54, 1.807) is 18.2 Å². The van der Waals surface area contributed by atoms with Crippen molar-refractivity contribution in [3.8, 4) is 11.5 Å². The number of sulfonamides is 1. The van der Waals surface area contributed by atoms with Crippen LogP contribution in [0.1, 0.15) is 161 Å². The van der Waals surface area contributed by atoms with Crippen LogP contribution in [-0.4, -0.2) is 124 Å². The van der Waals surface area contributed by atoms with Crippen LogP contribution in [0.3, 0.4) is 0 Å². The fourth-order valence-electron chi connectivity index (χ4n) is 11.4. The second-order valence-electron chi connectivity index (χ2n) is 23.1. The highest BCUT2D eigenvalue weighted by Crippen LogP contribution is 2.54. The Morgan fingerprint density at radius 2 is 1.36 bits per heavy atom. The minimum absolute atomic E-state index is 0.00249. The molecule has 30 heteroatoms. The Morgan fingerprint density at radius 1 is 0.756 bits per heavy atom. The number of hydrogen-bond acceptors (Lipinski definition) is 18. The fourth-order valence-corrected chi connectivity index (χ4v) is 16.7. The summed E-state index contributed by atoms with van der Waals surface area (Å²) in [4.78, 5) is 62.4. The first-order chi connectivity index (χ1) is 40.1. The van der Waals surface area contributed by atoms with Gasteiger partial charge in [0.2, 0.25) is 16.2 Å². The normalized spacial score (nSPS) is 16.9. The summed E-state index contributed by atoms with van der Waals surface area (Å²) in [6.07, 6.45) is 5.30. The summed E-state index contributed by atoms with van der Waals surface area (Å²) in [5.41, 5.74) is -1.06. The number of Topliss-reactive ketones (excluding diaryl/α,β-unsaturated/α-hetero) is 2. The Labute approximate surface area is 522 Å². The number of carbonyl (C=O) groups is 5. The number of nitrogens with two attached hydrogens (primary N) is 1. The molecule has 0 fully saturated rings. The number of primary sulfonamides is 1. The van der Waals surface area contributed by atoms with Gasteiger partial charge in [0.1, 0.15) is 26.4 Å². The first-order valence-electron chi connectivity index (χ1n) is 27.5. The SMILES string of the molecule is CC1CC(C)(C)Cc2c1cc1c(c2S(=O)(=O)O)Oc2c(S(=O)(=O)O)c3c(cc2=C1c1c(Cl)c(SCC(=O)CCCCCCC(=O)NCCOCCOCCNC(=O)CCC(=O)Cc2nnc(S(N)(=O)=O)s2)c(Cl)c(Cl)c1C(=O)O)C(C)CC(C)(C)C=3. The van der Waals surface area contributed by atoms with Crippen LogP contribution in [0.4, 0.5) is 0 Å². The molecule has 3 aromatic carbocycles. The molecule has 2 atom stereocenters. The van der Waals surface area contributed by atoms with E-state index in [1.807, 2.05) is 41.5 Å². The van der Waals surface area contributed by atoms with Gasteiger partial charge in [-0.05, 0) is 88.8 Å². The quantitative estimate of drug-likeness (QED) is 0.0114. The Morgan fingerprint density at radius 3 is 1.95 bits per heavy atom. The summed E-state index contributed by atoms with van der Waals surface area (Å²) in [7, 11) is -14.5. The monoisotopic (exact) mass is 1350 g/mol. The van der Waals surface area contributed by atoms with Gasteiger partial charge in [-0.15, -0.1) is 22.0 Å². The van der Waals surface area contributed by atoms with Crippen LogP contribution >= 0.6 is 57.9 Å². The van der Waals surface area contributed by atoms with E-state index in [2.05, 4.69) is 20.8 Å². The maximum absolute atomic E-state index is 13.8. The van der Waals surface area contributed by atoms with Gasteiger partial charge in [0.15, 0.2) is 11.5 Å². The van der Waals surface area contributed by atoms with Crippen molar-refractivity contribution in [1.29, 1.82) is 0 Å². The number of fused-ring (bicyclic) bond motifs is 4. The number of amides is 2. The van der Waals surface area contributed by atoms with E-state index in [4.69, 9.17) is 54.2 Å². The molecule has 0 bridgehead atoms. The summed E-state index contributed by atoms with van der Waals surface area (Å²) >= 11 is 22.7. The number of rotatable bonds is 29. The van der Waals surface area contributed by atoms with E-state index in [1.165, 1.54) is 0 Å². The number of carbonyl (C=O) groups excluding carboxylic acids is 4. The van der Waals surface area contributed by atoms with Gasteiger partial charge in [-0.3, -0.25) is 28.3 Å². The van der Waals surface area contributed by atoms with E-state index in [9.17, 15) is 63.4 Å². The Balaban J connectivity index is 0.958. The molecule has 470 valence electrons. The molecule has 2 unspecified atom stereocenters. The second kappa shape index (κ2) is 28.0. The van der Waals surface area contributed by atoms with Gasteiger partial charge in [-0.1, -0.05) is 107 Å². The lowest BCUT2D eigenvalue weighted by Crippen LogP contribution is -2.35. The molecule has 2 amide bonds. The van der Waals surface area contributed by atoms with Crippen molar-refractivity contribution in [3.63, 3.8) is 0 Å². The molecule has 0 saturated carbocycles. The predicted octanol–water partition coefficient (Wildman–Crippen LogP) is 7.94. The number of hydrogen-bond donors (Lipinski definition) is 6. The van der Waals surface area contributed by atoms with Crippen LogP contribution in [0.25, 0.3) is 11.6 Å². The number of ether oxygens (including phenoxy) is 3. The average molecular weight is 1350 g/mol. The summed E-state index contributed by atoms with van der Waals surface area (Å²) in [6.45, 7) is 12.7. The average Bonchev–Trinajstić information content (AvgIpc) is 0.759. The molecule has 22 nitrogen and oxygen atoms in total. The lowest BCUT2D eigenvalue weighted by atomic mass is 9.69. The zero-order valence-corrected chi connectivity index (χ0v) is 54.4. The molecule has 0 spiro atoms. The Kier molecular flexibility index (Phi) is 22.5. The highest BCUT2D eigenvalue weighted by atomic mass is 35.5. The minimum atomic E-state index is -5.24. The molecule has 7 rings (SSSR count). The van der Waals surface area contributed by atoms with Gasteiger partial charge in [-0.25, -0.2) is 18.4 Å². The molecule has 0 radical (unpaired) electrons. The number of benzene rings is 3. The number of carboxylic acid groups (broad SMARTS) is 1. The number of unbranched alkanes of at least 4 members (excludes halogenated alkanes) is 3. The number of aromatic carboxylic acids is 1. The zero-order chi connectivity index (χ0) is 63.4. The molecule has 1 aromatic heterocycles. The van der Waals surface area contributed by atoms with Gasteiger partial charge in [0.25, 0.3) is 30.3 Å². The molecule has 2 aliphatic carbocycles. The van der Waals surface area contributed by atoms with Crippen molar-refractivity contribution < 1.29 is 77.6 Å². The molecule has 2 heterocycles. The number of nitrogens with one attached hydrogen (secondary N) is 2. The second-order valence-corrected chi connectivity index (χ2v) is 30.7. The molecule has 86 heavy (non-hydrogen) atoms. The highest BCUT2D eigenvalue weighted by molar-refractivity contribution is 8.00. The number of carboxylic acids is 1. The lowest BCUT2D eigenvalue weighted by Gasteiger charge is -2.38. The molecule has 7 N–H and O–H groups in total. The van der Waals surface area contributed by atoms with Crippen molar-refractivity contribution in [2.75, 3.05) is 45.3 Å². The number of thioether (sulfide) groups is 1. The standard InChI is InChI=1S/C56H68Cl3N5O17S5/c1-29-24-55(3,4)26-37-33(29)22-35-42(36-23-34-30(2)25-56(5,6)27-38(34)52(86(76,77)78)49(36)81-48(35)51(37)85(73,74)75)43-44(53(69)70)45(57)47(59)50(46(43)58)82-28-32(66)11-9-7-8-10-12-39(67)61-15-17-79-19-20-80-18-16-62-40(68)14-13-31(65)21-41-63-64-54(83-41)84(60,71)72/h22-23,26,29-30H,7-21,24-25,27-28H2,1-6H3,(H,61,67)(H,62,68)(H,69,70)(H2,60,71,72)(H,73,74,75)(H,76,77,78). The first-order valence-corrected chi connectivity index (χ1v) is 34.9.